The van der Waals surface area contributed by atoms with Crippen LogP contribution in [0.5, 0.6) is 5.75 Å². The van der Waals surface area contributed by atoms with E-state index in [4.69, 9.17) is 32.7 Å². The van der Waals surface area contributed by atoms with Crippen LogP contribution in [-0.4, -0.2) is 24.6 Å². The molecule has 0 aliphatic heterocycles. The molecule has 2 rings (SSSR count). The van der Waals surface area contributed by atoms with Crippen LogP contribution in [0.3, 0.4) is 0 Å². The Morgan fingerprint density at radius 3 is 2.36 bits per heavy atom. The summed E-state index contributed by atoms with van der Waals surface area (Å²) in [6, 6.07) is 11.7. The van der Waals surface area contributed by atoms with Gasteiger partial charge < -0.3 is 14.8 Å². The standard InChI is InChI=1S/C18H17Cl2NO4/c1-11-9-14(20)5-8-16(11)21-17(22)10-24-18(23)12(2)25-15-6-3-13(19)4-7-15/h3-9,12H,10H2,1-2H3,(H,21,22)/t12-/m1/s1. The summed E-state index contributed by atoms with van der Waals surface area (Å²) in [6.45, 7) is 2.95. The molecule has 0 bridgehead atoms. The van der Waals surface area contributed by atoms with Crippen LogP contribution >= 0.6 is 23.2 Å². The normalized spacial score (nSPS) is 11.5. The Bertz CT molecular complexity index is 762. The highest BCUT2D eigenvalue weighted by molar-refractivity contribution is 6.31. The molecule has 5 nitrogen and oxygen atoms in total. The van der Waals surface area contributed by atoms with Gasteiger partial charge >= 0.3 is 5.97 Å². The van der Waals surface area contributed by atoms with Crippen LogP contribution in [0.25, 0.3) is 0 Å². The second kappa shape index (κ2) is 8.74. The molecular formula is C18H17Cl2NO4. The van der Waals surface area contributed by atoms with E-state index in [0.717, 1.165) is 5.56 Å². The lowest BCUT2D eigenvalue weighted by molar-refractivity contribution is -0.153. The smallest absolute Gasteiger partial charge is 0.347 e. The second-order valence-electron chi connectivity index (χ2n) is 5.33. The van der Waals surface area contributed by atoms with Crippen molar-refractivity contribution >= 4 is 40.8 Å². The number of aryl methyl sites for hydroxylation is 1. The summed E-state index contributed by atoms with van der Waals surface area (Å²) in [4.78, 5) is 23.8. The number of hydrogen-bond donors (Lipinski definition) is 1. The average Bonchev–Trinajstić information content (AvgIpc) is 2.57. The number of benzene rings is 2. The third-order valence-electron chi connectivity index (χ3n) is 3.27. The molecule has 0 aliphatic rings. The van der Waals surface area contributed by atoms with Crippen LogP contribution in [0.15, 0.2) is 42.5 Å². The fraction of sp³-hybridized carbons (Fsp3) is 0.222. The molecule has 2 aromatic rings. The van der Waals surface area contributed by atoms with Crippen molar-refractivity contribution < 1.29 is 19.1 Å². The maximum absolute atomic E-state index is 11.9. The molecule has 0 saturated carbocycles. The Morgan fingerprint density at radius 1 is 1.08 bits per heavy atom. The van der Waals surface area contributed by atoms with Gasteiger partial charge in [-0.15, -0.1) is 0 Å². The largest absolute Gasteiger partial charge is 0.479 e. The van der Waals surface area contributed by atoms with E-state index in [9.17, 15) is 9.59 Å². The molecule has 1 atom stereocenters. The van der Waals surface area contributed by atoms with E-state index in [1.165, 1.54) is 6.92 Å². The van der Waals surface area contributed by atoms with Gasteiger partial charge in [0.2, 0.25) is 0 Å². The van der Waals surface area contributed by atoms with Gasteiger partial charge in [-0.1, -0.05) is 23.2 Å². The van der Waals surface area contributed by atoms with Crippen LogP contribution in [0.2, 0.25) is 10.0 Å². The monoisotopic (exact) mass is 381 g/mol. The molecule has 0 heterocycles. The van der Waals surface area contributed by atoms with Gasteiger partial charge in [-0.3, -0.25) is 4.79 Å². The van der Waals surface area contributed by atoms with Crippen LogP contribution in [-0.2, 0) is 14.3 Å². The number of anilines is 1. The first-order valence-corrected chi connectivity index (χ1v) is 8.25. The minimum Gasteiger partial charge on any atom is -0.479 e. The second-order valence-corrected chi connectivity index (χ2v) is 6.20. The number of ether oxygens (including phenoxy) is 2. The summed E-state index contributed by atoms with van der Waals surface area (Å²) in [5.74, 6) is -0.606. The molecule has 1 N–H and O–H groups in total. The molecule has 0 aliphatic carbocycles. The maximum atomic E-state index is 11.9. The highest BCUT2D eigenvalue weighted by Gasteiger charge is 2.18. The summed E-state index contributed by atoms with van der Waals surface area (Å²) in [6.07, 6.45) is -0.855. The van der Waals surface area contributed by atoms with Crippen LogP contribution < -0.4 is 10.1 Å². The minimum absolute atomic E-state index is 0.408. The molecule has 0 unspecified atom stereocenters. The number of carbonyl (C=O) groups is 2. The molecule has 2 aromatic carbocycles. The maximum Gasteiger partial charge on any atom is 0.347 e. The lowest BCUT2D eigenvalue weighted by Gasteiger charge is -2.14. The third kappa shape index (κ3) is 5.96. The third-order valence-corrected chi connectivity index (χ3v) is 3.75. The van der Waals surface area contributed by atoms with Crippen molar-refractivity contribution in [2.45, 2.75) is 20.0 Å². The zero-order chi connectivity index (χ0) is 18.4. The van der Waals surface area contributed by atoms with Crippen molar-refractivity contribution in [3.63, 3.8) is 0 Å². The summed E-state index contributed by atoms with van der Waals surface area (Å²) >= 11 is 11.6. The Morgan fingerprint density at radius 2 is 1.72 bits per heavy atom. The highest BCUT2D eigenvalue weighted by Crippen LogP contribution is 2.19. The van der Waals surface area contributed by atoms with Gasteiger partial charge in [-0.2, -0.15) is 0 Å². The van der Waals surface area contributed by atoms with Crippen molar-refractivity contribution in [2.75, 3.05) is 11.9 Å². The molecule has 0 aromatic heterocycles. The van der Waals surface area contributed by atoms with E-state index in [1.54, 1.807) is 42.5 Å². The minimum atomic E-state index is -0.855. The molecule has 0 fully saturated rings. The number of rotatable bonds is 6. The Balaban J connectivity index is 1.82. The zero-order valence-corrected chi connectivity index (χ0v) is 15.2. The van der Waals surface area contributed by atoms with E-state index in [1.807, 2.05) is 6.92 Å². The van der Waals surface area contributed by atoms with Gasteiger partial charge in [0.15, 0.2) is 12.7 Å². The molecule has 7 heteroatoms. The van der Waals surface area contributed by atoms with Crippen molar-refractivity contribution in [1.82, 2.24) is 0 Å². The summed E-state index contributed by atoms with van der Waals surface area (Å²) in [7, 11) is 0. The van der Waals surface area contributed by atoms with Crippen molar-refractivity contribution in [3.05, 3.63) is 58.1 Å². The van der Waals surface area contributed by atoms with Gasteiger partial charge in [0, 0.05) is 15.7 Å². The van der Waals surface area contributed by atoms with Crippen molar-refractivity contribution in [2.24, 2.45) is 0 Å². The molecule has 0 radical (unpaired) electrons. The summed E-state index contributed by atoms with van der Waals surface area (Å²) in [5.41, 5.74) is 1.42. The fourth-order valence-electron chi connectivity index (χ4n) is 1.97. The van der Waals surface area contributed by atoms with E-state index in [-0.39, 0.29) is 0 Å². The molecule has 1 amide bonds. The predicted molar refractivity (Wildman–Crippen MR) is 97.3 cm³/mol. The number of nitrogens with one attached hydrogen (secondary N) is 1. The molecule has 0 spiro atoms. The Hall–Kier alpha value is -2.24. The first-order chi connectivity index (χ1) is 11.8. The van der Waals surface area contributed by atoms with Gasteiger partial charge in [-0.25, -0.2) is 4.79 Å². The fourth-order valence-corrected chi connectivity index (χ4v) is 2.33. The van der Waals surface area contributed by atoms with Gasteiger partial charge in [0.25, 0.3) is 5.91 Å². The van der Waals surface area contributed by atoms with Crippen molar-refractivity contribution in [1.29, 1.82) is 0 Å². The SMILES string of the molecule is Cc1cc(Cl)ccc1NC(=O)COC(=O)[C@@H](C)Oc1ccc(Cl)cc1. The van der Waals surface area contributed by atoms with E-state index in [2.05, 4.69) is 5.32 Å². The first kappa shape index (κ1) is 19.1. The molecule has 132 valence electrons. The molecular weight excluding hydrogens is 365 g/mol. The summed E-state index contributed by atoms with van der Waals surface area (Å²) < 4.78 is 10.4. The Labute approximate surface area is 155 Å². The van der Waals surface area contributed by atoms with E-state index < -0.39 is 24.6 Å². The average molecular weight is 382 g/mol. The van der Waals surface area contributed by atoms with Crippen LogP contribution in [0.4, 0.5) is 5.69 Å². The number of halogens is 2. The lowest BCUT2D eigenvalue weighted by atomic mass is 10.2. The zero-order valence-electron chi connectivity index (χ0n) is 13.7. The topological polar surface area (TPSA) is 64.6 Å². The molecule has 25 heavy (non-hydrogen) atoms. The van der Waals surface area contributed by atoms with E-state index in [0.29, 0.717) is 21.5 Å². The number of hydrogen-bond acceptors (Lipinski definition) is 4. The van der Waals surface area contributed by atoms with Gasteiger partial charge in [0.1, 0.15) is 5.75 Å². The van der Waals surface area contributed by atoms with Crippen LogP contribution in [0.1, 0.15) is 12.5 Å². The highest BCUT2D eigenvalue weighted by atomic mass is 35.5. The number of carbonyl (C=O) groups excluding carboxylic acids is 2. The van der Waals surface area contributed by atoms with Gasteiger partial charge in [-0.05, 0) is 61.9 Å². The Kier molecular flexibility index (Phi) is 6.67. The predicted octanol–water partition coefficient (Wildman–Crippen LogP) is 4.25. The lowest BCUT2D eigenvalue weighted by Crippen LogP contribution is -2.29. The molecule has 0 saturated heterocycles. The van der Waals surface area contributed by atoms with E-state index >= 15 is 0 Å². The van der Waals surface area contributed by atoms with Gasteiger partial charge in [0.05, 0.1) is 0 Å². The van der Waals surface area contributed by atoms with Crippen LogP contribution in [0, 0.1) is 6.92 Å². The number of esters is 1. The summed E-state index contributed by atoms with van der Waals surface area (Å²) in [5, 5.41) is 3.80. The first-order valence-electron chi connectivity index (χ1n) is 7.50. The number of amides is 1. The van der Waals surface area contributed by atoms with Crippen molar-refractivity contribution in [3.8, 4) is 5.75 Å². The quantitative estimate of drug-likeness (QED) is 0.759.